The number of hydrogen-bond donors (Lipinski definition) is 5. The van der Waals surface area contributed by atoms with E-state index in [0.717, 1.165) is 72.0 Å². The minimum absolute atomic E-state index is 0.000946. The van der Waals surface area contributed by atoms with Crippen LogP contribution in [-0.4, -0.2) is 245 Å². The molecule has 0 unspecified atom stereocenters. The molecule has 4 aliphatic heterocycles. The Balaban J connectivity index is 0.000000152. The predicted octanol–water partition coefficient (Wildman–Crippen LogP) is 16.2. The van der Waals surface area contributed by atoms with E-state index in [2.05, 4.69) is 169 Å². The lowest BCUT2D eigenvalue weighted by Crippen LogP contribution is -2.64. The number of rotatable bonds is 29. The van der Waals surface area contributed by atoms with Crippen molar-refractivity contribution in [3.05, 3.63) is 193 Å². The van der Waals surface area contributed by atoms with Gasteiger partial charge in [0.05, 0.1) is 114 Å². The average molecular weight is 2090 g/mol. The van der Waals surface area contributed by atoms with Crippen molar-refractivity contribution in [3.8, 4) is 51.6 Å². The Morgan fingerprint density at radius 2 is 0.872 bits per heavy atom. The van der Waals surface area contributed by atoms with Crippen LogP contribution in [0.15, 0.2) is 154 Å². The first-order valence-corrected chi connectivity index (χ1v) is 62.2. The molecule has 0 bridgehead atoms. The molecular weight excluding hydrogens is 1970 g/mol. The molecule has 0 radical (unpaired) electrons. The van der Waals surface area contributed by atoms with E-state index >= 15 is 0 Å². The number of aromatic nitrogens is 18. The smallest absolute Gasteiger partial charge is 0.411 e. The summed E-state index contributed by atoms with van der Waals surface area (Å²) in [4.78, 5) is 26.1. The van der Waals surface area contributed by atoms with Gasteiger partial charge in [-0.25, -0.2) is 72.1 Å². The summed E-state index contributed by atoms with van der Waals surface area (Å²) in [5.74, 6) is -2.14. The van der Waals surface area contributed by atoms with E-state index in [1.165, 1.54) is 37.6 Å². The van der Waals surface area contributed by atoms with E-state index in [1.807, 2.05) is 56.7 Å². The first-order valence-electron chi connectivity index (χ1n) is 45.5. The molecule has 0 spiro atoms. The van der Waals surface area contributed by atoms with Crippen LogP contribution in [0.25, 0.3) is 88.5 Å². The van der Waals surface area contributed by atoms with Crippen LogP contribution in [-0.2, 0) is 80.2 Å². The van der Waals surface area contributed by atoms with E-state index in [9.17, 15) is 57.7 Å². The molecule has 4 saturated heterocycles. The summed E-state index contributed by atoms with van der Waals surface area (Å²) in [6.07, 6.45) is 29.7. The van der Waals surface area contributed by atoms with Gasteiger partial charge < -0.3 is 47.8 Å². The molecule has 18 heterocycles. The van der Waals surface area contributed by atoms with Gasteiger partial charge in [0.25, 0.3) is 0 Å². The second-order valence-corrected chi connectivity index (χ2v) is 63.5. The maximum Gasteiger partial charge on any atom is 0.419 e. The highest BCUT2D eigenvalue weighted by Crippen LogP contribution is 2.41. The van der Waals surface area contributed by atoms with Crippen LogP contribution >= 0.6 is 23.2 Å². The molecule has 0 aliphatic carbocycles. The number of halogens is 7. The summed E-state index contributed by atoms with van der Waals surface area (Å²) in [7, 11) is -13.1. The largest absolute Gasteiger partial charge is 0.419 e. The average Bonchev–Trinajstić information content (AvgIpc) is 1.75. The molecule has 0 aromatic carbocycles. The Labute approximate surface area is 829 Å². The van der Waals surface area contributed by atoms with Gasteiger partial charge in [0.2, 0.25) is 30.1 Å². The summed E-state index contributed by atoms with van der Waals surface area (Å²) < 4.78 is 176. The van der Waals surface area contributed by atoms with Crippen molar-refractivity contribution in [2.75, 3.05) is 76.3 Å². The number of fused-ring (bicyclic) bond motifs is 5. The monoisotopic (exact) mass is 2090 g/mol. The molecule has 4 aliphatic rings. The number of ether oxygens (including phenoxy) is 3. The van der Waals surface area contributed by atoms with Crippen LogP contribution in [0, 0.1) is 63.1 Å². The van der Waals surface area contributed by atoms with Gasteiger partial charge in [-0.3, -0.25) is 19.6 Å². The number of pyridine rings is 5. The molecule has 14 aromatic heterocycles. The first-order chi connectivity index (χ1) is 66.5. The van der Waals surface area contributed by atoms with Crippen LogP contribution in [0.3, 0.4) is 0 Å². The second-order valence-electron chi connectivity index (χ2n) is 39.1. The Hall–Kier alpha value is -11.0. The zero-order valence-corrected chi connectivity index (χ0v) is 88.4. The molecule has 35 nitrogen and oxygen atoms in total. The Morgan fingerprint density at radius 1 is 0.489 bits per heavy atom. The lowest BCUT2D eigenvalue weighted by atomic mass is 9.75. The summed E-state index contributed by atoms with van der Waals surface area (Å²) in [6, 6.07) is 18.3. The number of sulfonamides is 3. The van der Waals surface area contributed by atoms with Crippen LogP contribution in [0.5, 0.6) is 0 Å². The third-order valence-electron chi connectivity index (χ3n) is 24.6. The number of nitrogens with one attached hydrogen (secondary N) is 5. The maximum atomic E-state index is 15.0. The number of H-pyrrole nitrogens is 4. The normalized spacial score (nSPS) is 15.7. The molecule has 141 heavy (non-hydrogen) atoms. The van der Waals surface area contributed by atoms with E-state index in [1.54, 1.807) is 97.9 Å². The van der Waals surface area contributed by atoms with Gasteiger partial charge >= 0.3 is 7.05 Å². The number of aromatic amines is 4. The third-order valence-corrected chi connectivity index (χ3v) is 35.8. The van der Waals surface area contributed by atoms with Crippen LogP contribution in [0.2, 0.25) is 87.1 Å². The quantitative estimate of drug-likeness (QED) is 0.0126. The van der Waals surface area contributed by atoms with Gasteiger partial charge in [0.15, 0.2) is 11.6 Å². The van der Waals surface area contributed by atoms with E-state index in [-0.39, 0.29) is 90.3 Å². The van der Waals surface area contributed by atoms with Crippen LogP contribution < -0.4 is 10.7 Å². The molecule has 4 fully saturated rings. The first kappa shape index (κ1) is 109. The van der Waals surface area contributed by atoms with Gasteiger partial charge in [-0.05, 0) is 103 Å². The number of hydrogen-bond acceptors (Lipinski definition) is 23. The summed E-state index contributed by atoms with van der Waals surface area (Å²) >= 11 is 11.5. The van der Waals surface area contributed by atoms with Gasteiger partial charge in [0, 0.05) is 223 Å². The Morgan fingerprint density at radius 3 is 1.28 bits per heavy atom. The van der Waals surface area contributed by atoms with E-state index in [0.29, 0.717) is 117 Å². The molecule has 14 aromatic rings. The van der Waals surface area contributed by atoms with Crippen molar-refractivity contribution in [1.29, 1.82) is 15.8 Å². The molecule has 752 valence electrons. The predicted molar refractivity (Wildman–Crippen MR) is 543 cm³/mol. The van der Waals surface area contributed by atoms with Crippen molar-refractivity contribution in [3.63, 3.8) is 0 Å². The highest BCUT2D eigenvalue weighted by Gasteiger charge is 2.53. The zero-order valence-electron chi connectivity index (χ0n) is 81.5. The minimum atomic E-state index is -3.35. The van der Waals surface area contributed by atoms with Crippen molar-refractivity contribution in [2.24, 2.45) is 0 Å². The lowest BCUT2D eigenvalue weighted by Gasteiger charge is -2.47. The summed E-state index contributed by atoms with van der Waals surface area (Å²) in [5.41, 5.74) is 6.43. The van der Waals surface area contributed by atoms with Crippen LogP contribution in [0.1, 0.15) is 61.3 Å². The SMILES string of the molecule is CC1(C)NB(c2cn[nH]c2)OC1(C)C.CCS(=O)(=O)N1CC(=CC#N)C1.CCS(=O)(=O)N1CC(CC#N)(n2cc(-c3c(F)cnc4[nH]ccc34)cn2)C1.CCS(=O)(=O)N1CC(CC#N)(n2cc(-c3c(F)cnc4c3ccn4COCC[Si](C)(C)C)cn2)C1.C[Si](C)(C)CCOCn1ccc2c(-c3cn[nH]c3)c(F)cnc21.C[Si](C)(C)CCOCn1ccc2c(Cl)c(F)cnc21.Fc1cnc2[nH]ccc2c1Cl. The highest BCUT2D eigenvalue weighted by atomic mass is 35.5. The topological polar surface area (TPSA) is 436 Å². The molecule has 0 amide bonds. The number of nitriles is 3. The van der Waals surface area contributed by atoms with Gasteiger partial charge in [-0.2, -0.15) is 49.1 Å². The molecule has 5 N–H and O–H groups in total. The van der Waals surface area contributed by atoms with Crippen molar-refractivity contribution in [2.45, 2.75) is 181 Å². The maximum absolute atomic E-state index is 15.0. The minimum Gasteiger partial charge on any atom is -0.411 e. The fourth-order valence-electron chi connectivity index (χ4n) is 15.3. The fraction of sp³-hybridized carbons (Fsp3) is 0.435. The van der Waals surface area contributed by atoms with Crippen LogP contribution in [0.4, 0.5) is 22.0 Å². The van der Waals surface area contributed by atoms with Crippen molar-refractivity contribution >= 4 is 145 Å². The summed E-state index contributed by atoms with van der Waals surface area (Å²) in [6.45, 7) is 38.9. The Kier molecular flexibility index (Phi) is 34.9. The number of nitrogens with zero attached hydrogens (tertiary/aromatic N) is 20. The summed E-state index contributed by atoms with van der Waals surface area (Å²) in [5, 5.41) is 55.9. The standard InChI is InChI=1S/C23H31FN6O3SSi.C17H17FN6O2S.C16H21FN4OSi.C13H18ClFN2OSi.C9H16BN3O.C7H4ClFN2.C7H10N2O2S/c1-5-34(31,32)29-15-23(16-29,7-8-25)30-14-18(12-27-30)21-19-6-9-28(22(19)26-13-20(21)24)17-33-10-11-35(2,3)4;1-2-27(25,26)23-10-17(11-23,4-5-19)24-9-12(7-22-24)15-13-3-6-20-16(13)21-8-14(15)18;1-23(2,3)7-6-22-11-21-5-4-13-15(12-8-19-20-9-12)14(17)10-18-16(13)21;1-19(2,3)7-6-18-9-17-5-4-10-12(14)11(15)8-16-13(10)17;1-8(2)9(3,4)14-10(13-8)7-5-11-12-6-7;8-6-4-1-2-10-7(4)11-3-5(6)9;1-2-12(10,11)9-5-7(6-9)3-4-8/h6,9,12-14H,5,7,10-11,15-17H2,1-4H3;3,6-9H,2,4,10-11H2,1H3,(H,20,21);4-5,8-10H,6-7,11H2,1-3H3,(H,19,20);4-5,8H,6-7,9H2,1-3H3;5-6,13H,1-4H3,(H,11,12);1-3H,(H,10,11);3H,2,5-6H2,1H3. The zero-order chi connectivity index (χ0) is 103. The third kappa shape index (κ3) is 26.2. The van der Waals surface area contributed by atoms with Crippen molar-refractivity contribution < 1.29 is 66.1 Å². The molecule has 0 saturated carbocycles. The van der Waals surface area contributed by atoms with Crippen molar-refractivity contribution in [1.82, 2.24) is 107 Å². The second kappa shape index (κ2) is 45.3. The molecule has 0 atom stereocenters. The Bertz CT molecular complexity index is 7210. The van der Waals surface area contributed by atoms with Gasteiger partial charge in [0.1, 0.15) is 77.0 Å². The fourth-order valence-corrected chi connectivity index (χ4v) is 21.6. The van der Waals surface area contributed by atoms with E-state index < -0.39 is 88.6 Å². The number of allylic oxidation sites excluding steroid dienone is 1. The van der Waals surface area contributed by atoms with Gasteiger partial charge in [-0.1, -0.05) is 82.1 Å². The molecular formula is C92H117BCl2F5N25O10S3Si3. The van der Waals surface area contributed by atoms with Gasteiger partial charge in [-0.15, -0.1) is 0 Å². The molecule has 18 rings (SSSR count). The highest BCUT2D eigenvalue weighted by molar-refractivity contribution is 7.89. The lowest BCUT2D eigenvalue weighted by molar-refractivity contribution is 0.0719. The van der Waals surface area contributed by atoms with E-state index in [4.69, 9.17) is 47.3 Å². The molecule has 49 heteroatoms.